The SMILES string of the molecule is CC(=O)NS(=O)(=O)c1ccc(NC(=S)NC(=O)C=Cc2ccccc2)cc1. The number of hydrogen-bond donors (Lipinski definition) is 3. The zero-order chi connectivity index (χ0) is 19.9. The molecular formula is C18H17N3O4S2. The van der Waals surface area contributed by atoms with Gasteiger partial charge in [0.25, 0.3) is 10.0 Å². The van der Waals surface area contributed by atoms with Gasteiger partial charge in [0.05, 0.1) is 4.90 Å². The van der Waals surface area contributed by atoms with Crippen molar-refractivity contribution in [3.05, 3.63) is 66.2 Å². The molecule has 0 unspecified atom stereocenters. The van der Waals surface area contributed by atoms with Crippen molar-refractivity contribution in [3.63, 3.8) is 0 Å². The molecule has 0 saturated carbocycles. The molecule has 0 spiro atoms. The van der Waals surface area contributed by atoms with Crippen molar-refractivity contribution in [1.29, 1.82) is 0 Å². The highest BCUT2D eigenvalue weighted by Crippen LogP contribution is 2.14. The lowest BCUT2D eigenvalue weighted by Crippen LogP contribution is -2.32. The Morgan fingerprint density at radius 2 is 1.63 bits per heavy atom. The fourth-order valence-corrected chi connectivity index (χ4v) is 3.23. The van der Waals surface area contributed by atoms with Gasteiger partial charge in [-0.15, -0.1) is 0 Å². The molecule has 2 aromatic rings. The number of sulfonamides is 1. The molecule has 0 atom stereocenters. The van der Waals surface area contributed by atoms with Gasteiger partial charge in [0.15, 0.2) is 5.11 Å². The van der Waals surface area contributed by atoms with Gasteiger partial charge in [0, 0.05) is 18.7 Å². The van der Waals surface area contributed by atoms with Crippen LogP contribution in [0.5, 0.6) is 0 Å². The fourth-order valence-electron chi connectivity index (χ4n) is 2.02. The quantitative estimate of drug-likeness (QED) is 0.521. The Balaban J connectivity index is 1.93. The molecule has 3 N–H and O–H groups in total. The van der Waals surface area contributed by atoms with Crippen LogP contribution in [0.25, 0.3) is 6.08 Å². The van der Waals surface area contributed by atoms with Gasteiger partial charge < -0.3 is 5.32 Å². The van der Waals surface area contributed by atoms with E-state index >= 15 is 0 Å². The number of benzene rings is 2. The number of amides is 2. The van der Waals surface area contributed by atoms with Gasteiger partial charge in [0.2, 0.25) is 11.8 Å². The Labute approximate surface area is 162 Å². The van der Waals surface area contributed by atoms with E-state index in [9.17, 15) is 18.0 Å². The highest BCUT2D eigenvalue weighted by Gasteiger charge is 2.15. The molecule has 2 amide bonds. The van der Waals surface area contributed by atoms with Gasteiger partial charge in [-0.05, 0) is 48.1 Å². The normalized spacial score (nSPS) is 11.0. The number of thiocarbonyl (C=S) groups is 1. The summed E-state index contributed by atoms with van der Waals surface area (Å²) in [7, 11) is -3.90. The number of carbonyl (C=O) groups excluding carboxylic acids is 2. The molecule has 0 heterocycles. The van der Waals surface area contributed by atoms with Crippen molar-refractivity contribution < 1.29 is 18.0 Å². The molecule has 0 radical (unpaired) electrons. The average Bonchev–Trinajstić information content (AvgIpc) is 2.60. The van der Waals surface area contributed by atoms with E-state index in [0.29, 0.717) is 5.69 Å². The van der Waals surface area contributed by atoms with Crippen LogP contribution in [0.1, 0.15) is 12.5 Å². The third-order valence-electron chi connectivity index (χ3n) is 3.16. The topological polar surface area (TPSA) is 104 Å². The fraction of sp³-hybridized carbons (Fsp3) is 0.0556. The van der Waals surface area contributed by atoms with Crippen LogP contribution in [-0.4, -0.2) is 25.3 Å². The van der Waals surface area contributed by atoms with Gasteiger partial charge in [0.1, 0.15) is 0 Å². The van der Waals surface area contributed by atoms with Crippen LogP contribution < -0.4 is 15.4 Å². The first-order chi connectivity index (χ1) is 12.8. The van der Waals surface area contributed by atoms with Crippen LogP contribution in [0.4, 0.5) is 5.69 Å². The minimum Gasteiger partial charge on any atom is -0.332 e. The van der Waals surface area contributed by atoms with E-state index in [1.807, 2.05) is 35.1 Å². The molecule has 2 aromatic carbocycles. The number of rotatable bonds is 5. The van der Waals surface area contributed by atoms with E-state index in [1.165, 1.54) is 30.3 Å². The van der Waals surface area contributed by atoms with Crippen molar-refractivity contribution >= 4 is 50.9 Å². The van der Waals surface area contributed by atoms with E-state index in [-0.39, 0.29) is 10.0 Å². The van der Waals surface area contributed by atoms with Crippen molar-refractivity contribution in [2.75, 3.05) is 5.32 Å². The molecule has 0 aliphatic carbocycles. The summed E-state index contributed by atoms with van der Waals surface area (Å²) in [5.74, 6) is -1.08. The molecule has 0 saturated heterocycles. The summed E-state index contributed by atoms with van der Waals surface area (Å²) in [6.07, 6.45) is 3.01. The predicted octanol–water partition coefficient (Wildman–Crippen LogP) is 2.04. The lowest BCUT2D eigenvalue weighted by Gasteiger charge is -2.09. The predicted molar refractivity (Wildman–Crippen MR) is 107 cm³/mol. The summed E-state index contributed by atoms with van der Waals surface area (Å²) in [5, 5.41) is 5.33. The van der Waals surface area contributed by atoms with Crippen molar-refractivity contribution in [3.8, 4) is 0 Å². The smallest absolute Gasteiger partial charge is 0.264 e. The molecule has 27 heavy (non-hydrogen) atoms. The van der Waals surface area contributed by atoms with E-state index in [1.54, 1.807) is 6.08 Å². The third-order valence-corrected chi connectivity index (χ3v) is 4.82. The maximum atomic E-state index is 11.9. The highest BCUT2D eigenvalue weighted by molar-refractivity contribution is 7.90. The lowest BCUT2D eigenvalue weighted by atomic mass is 10.2. The molecular weight excluding hydrogens is 386 g/mol. The van der Waals surface area contributed by atoms with Gasteiger partial charge in [-0.3, -0.25) is 14.9 Å². The Hall–Kier alpha value is -3.04. The summed E-state index contributed by atoms with van der Waals surface area (Å²) < 4.78 is 25.6. The highest BCUT2D eigenvalue weighted by atomic mass is 32.2. The number of anilines is 1. The van der Waals surface area contributed by atoms with Crippen LogP contribution in [0, 0.1) is 0 Å². The third kappa shape index (κ3) is 6.65. The second kappa shape index (κ2) is 9.06. The van der Waals surface area contributed by atoms with E-state index in [0.717, 1.165) is 12.5 Å². The lowest BCUT2D eigenvalue weighted by molar-refractivity contribution is -0.117. The summed E-state index contributed by atoms with van der Waals surface area (Å²) in [6, 6.07) is 14.9. The maximum absolute atomic E-state index is 11.9. The minimum atomic E-state index is -3.90. The second-order valence-corrected chi connectivity index (χ2v) is 7.46. The largest absolute Gasteiger partial charge is 0.332 e. The molecule has 7 nitrogen and oxygen atoms in total. The molecule has 0 aliphatic rings. The Kier molecular flexibility index (Phi) is 6.80. The van der Waals surface area contributed by atoms with Crippen molar-refractivity contribution in [1.82, 2.24) is 10.0 Å². The number of carbonyl (C=O) groups is 2. The van der Waals surface area contributed by atoms with Gasteiger partial charge in [-0.25, -0.2) is 13.1 Å². The van der Waals surface area contributed by atoms with E-state index in [2.05, 4.69) is 10.6 Å². The Bertz CT molecular complexity index is 969. The monoisotopic (exact) mass is 403 g/mol. The first-order valence-electron chi connectivity index (χ1n) is 7.75. The summed E-state index contributed by atoms with van der Waals surface area (Å²) in [5.41, 5.74) is 1.36. The minimum absolute atomic E-state index is 0.0650. The molecule has 0 fully saturated rings. The molecule has 2 rings (SSSR count). The van der Waals surface area contributed by atoms with Gasteiger partial charge in [-0.2, -0.15) is 0 Å². The average molecular weight is 403 g/mol. The van der Waals surface area contributed by atoms with Crippen molar-refractivity contribution in [2.45, 2.75) is 11.8 Å². The maximum Gasteiger partial charge on any atom is 0.264 e. The standard InChI is InChI=1S/C18H17N3O4S2/c1-13(22)21-27(24,25)16-10-8-15(9-11-16)19-18(26)20-17(23)12-7-14-5-3-2-4-6-14/h2-12H,1H3,(H,21,22)(H2,19,20,23,26). The van der Waals surface area contributed by atoms with Crippen molar-refractivity contribution in [2.24, 2.45) is 0 Å². The van der Waals surface area contributed by atoms with Crippen LogP contribution in [0.2, 0.25) is 0 Å². The number of hydrogen-bond acceptors (Lipinski definition) is 5. The van der Waals surface area contributed by atoms with Crippen LogP contribution in [0.15, 0.2) is 65.6 Å². The first-order valence-corrected chi connectivity index (χ1v) is 9.64. The summed E-state index contributed by atoms with van der Waals surface area (Å²) in [4.78, 5) is 22.7. The first kappa shape index (κ1) is 20.3. The van der Waals surface area contributed by atoms with E-state index < -0.39 is 21.8 Å². The zero-order valence-electron chi connectivity index (χ0n) is 14.3. The molecule has 0 bridgehead atoms. The van der Waals surface area contributed by atoms with Crippen LogP contribution in [-0.2, 0) is 19.6 Å². The molecule has 9 heteroatoms. The summed E-state index contributed by atoms with van der Waals surface area (Å²) in [6.45, 7) is 1.11. The molecule has 140 valence electrons. The summed E-state index contributed by atoms with van der Waals surface area (Å²) >= 11 is 5.05. The number of nitrogens with one attached hydrogen (secondary N) is 3. The zero-order valence-corrected chi connectivity index (χ0v) is 15.9. The van der Waals surface area contributed by atoms with Gasteiger partial charge >= 0.3 is 0 Å². The Morgan fingerprint density at radius 3 is 2.22 bits per heavy atom. The molecule has 0 aliphatic heterocycles. The Morgan fingerprint density at radius 1 is 1.00 bits per heavy atom. The van der Waals surface area contributed by atoms with E-state index in [4.69, 9.17) is 12.2 Å². The van der Waals surface area contributed by atoms with Crippen LogP contribution >= 0.6 is 12.2 Å². The van der Waals surface area contributed by atoms with Crippen LogP contribution in [0.3, 0.4) is 0 Å². The van der Waals surface area contributed by atoms with Gasteiger partial charge in [-0.1, -0.05) is 30.3 Å². The molecule has 0 aromatic heterocycles. The second-order valence-electron chi connectivity index (χ2n) is 5.37.